The number of rotatable bonds is 11. The van der Waals surface area contributed by atoms with E-state index in [1.807, 2.05) is 13.8 Å². The number of anilines is 2. The molecule has 0 bridgehead atoms. The summed E-state index contributed by atoms with van der Waals surface area (Å²) in [6.07, 6.45) is 3.14. The summed E-state index contributed by atoms with van der Waals surface area (Å²) in [4.78, 5) is 87.4. The molecule has 0 saturated carbocycles. The molecule has 21 heteroatoms. The van der Waals surface area contributed by atoms with E-state index in [1.165, 1.54) is 26.5 Å². The summed E-state index contributed by atoms with van der Waals surface area (Å²) in [6.45, 7) is 6.68. The number of aliphatic carboxylic acids is 1. The Bertz CT molecular complexity index is 2040. The number of esters is 1. The van der Waals surface area contributed by atoms with Crippen molar-refractivity contribution in [2.75, 3.05) is 11.5 Å². The number of aromatic amines is 2. The van der Waals surface area contributed by atoms with Crippen LogP contribution in [0.4, 0.5) is 11.9 Å². The van der Waals surface area contributed by atoms with Gasteiger partial charge in [0, 0.05) is 25.7 Å². The number of imidazole rings is 2. The molecular weight excluding hydrogens is 700 g/mol. The Morgan fingerprint density at radius 3 is 1.72 bits per heavy atom. The minimum absolute atomic E-state index is 0.0125. The van der Waals surface area contributed by atoms with Gasteiger partial charge in [-0.25, -0.2) is 9.97 Å². The van der Waals surface area contributed by atoms with Crippen molar-refractivity contribution in [3.63, 3.8) is 0 Å². The van der Waals surface area contributed by atoms with Crippen LogP contribution in [0.15, 0.2) is 22.2 Å². The van der Waals surface area contributed by atoms with E-state index in [0.29, 0.717) is 30.6 Å². The molecule has 6 heterocycles. The molecule has 53 heavy (non-hydrogen) atoms. The molecule has 4 aromatic rings. The summed E-state index contributed by atoms with van der Waals surface area (Å²) in [5, 5.41) is 17.9. The Kier molecular flexibility index (Phi) is 13.5. The lowest BCUT2D eigenvalue weighted by Crippen LogP contribution is -2.26. The SMILES string of the molecule is CC(=O)CCC(=O)O.CC[C@H]1O[C@@H](n2cnc3c(=O)[nH]c(N)nc32)CC1O.CC[C@H]1O[C@@H](n2cnc3c(=O)[nH]c(N)nc32)CC1OC(=O)CCC(C)=O. The Labute approximate surface area is 301 Å². The average Bonchev–Trinajstić information content (AvgIpc) is 3.88. The number of nitrogens with zero attached hydrogens (tertiary/aromatic N) is 6. The van der Waals surface area contributed by atoms with Gasteiger partial charge in [-0.15, -0.1) is 0 Å². The number of carboxylic acid groups (broad SMARTS) is 1. The molecule has 2 fully saturated rings. The van der Waals surface area contributed by atoms with Crippen molar-refractivity contribution >= 4 is 57.7 Å². The number of carboxylic acids is 1. The van der Waals surface area contributed by atoms with E-state index in [9.17, 15) is 33.9 Å². The molecule has 0 spiro atoms. The van der Waals surface area contributed by atoms with Crippen LogP contribution in [-0.4, -0.2) is 97.2 Å². The number of aliphatic hydroxyl groups is 1. The summed E-state index contributed by atoms with van der Waals surface area (Å²) in [5.74, 6) is -1.46. The Morgan fingerprint density at radius 2 is 1.28 bits per heavy atom. The van der Waals surface area contributed by atoms with Crippen LogP contribution < -0.4 is 22.6 Å². The first-order chi connectivity index (χ1) is 25.1. The van der Waals surface area contributed by atoms with Crippen LogP contribution in [0.5, 0.6) is 0 Å². The van der Waals surface area contributed by atoms with Crippen molar-refractivity contribution < 1.29 is 43.6 Å². The number of carbonyl (C=O) groups excluding carboxylic acids is 3. The molecule has 288 valence electrons. The third-order valence-corrected chi connectivity index (χ3v) is 8.37. The van der Waals surface area contributed by atoms with Gasteiger partial charge < -0.3 is 45.5 Å². The fourth-order valence-corrected chi connectivity index (χ4v) is 5.71. The number of nitrogen functional groups attached to an aromatic ring is 2. The predicted octanol–water partition coefficient (Wildman–Crippen LogP) is 0.881. The summed E-state index contributed by atoms with van der Waals surface area (Å²) in [6, 6.07) is 0. The summed E-state index contributed by atoms with van der Waals surface area (Å²) in [5.41, 5.74) is 11.4. The number of H-pyrrole nitrogens is 2. The molecule has 0 aliphatic carbocycles. The molecule has 2 unspecified atom stereocenters. The Balaban J connectivity index is 0.000000203. The quantitative estimate of drug-likeness (QED) is 0.116. The van der Waals surface area contributed by atoms with Crippen LogP contribution in [0.3, 0.4) is 0 Å². The van der Waals surface area contributed by atoms with Gasteiger partial charge in [-0.2, -0.15) is 9.97 Å². The molecule has 4 aromatic heterocycles. The van der Waals surface area contributed by atoms with Gasteiger partial charge >= 0.3 is 11.9 Å². The van der Waals surface area contributed by atoms with E-state index >= 15 is 0 Å². The highest BCUT2D eigenvalue weighted by atomic mass is 16.6. The number of nitrogens with one attached hydrogen (secondary N) is 2. The third kappa shape index (κ3) is 10.3. The second kappa shape index (κ2) is 17.8. The molecule has 8 N–H and O–H groups in total. The van der Waals surface area contributed by atoms with Crippen LogP contribution in [-0.2, 0) is 33.4 Å². The van der Waals surface area contributed by atoms with Gasteiger partial charge in [-0.05, 0) is 26.7 Å². The number of ether oxygens (including phenoxy) is 3. The average molecular weight is 745 g/mol. The number of fused-ring (bicyclic) bond motifs is 2. The van der Waals surface area contributed by atoms with Crippen LogP contribution in [0.2, 0.25) is 0 Å². The highest BCUT2D eigenvalue weighted by Crippen LogP contribution is 2.34. The minimum atomic E-state index is -0.916. The maximum atomic E-state index is 11.9. The molecule has 21 nitrogen and oxygen atoms in total. The van der Waals surface area contributed by atoms with E-state index in [2.05, 4.69) is 29.9 Å². The molecule has 2 saturated heterocycles. The van der Waals surface area contributed by atoms with Gasteiger partial charge in [0.05, 0.1) is 43.8 Å². The van der Waals surface area contributed by atoms with Gasteiger partial charge in [0.1, 0.15) is 30.1 Å². The standard InChI is InChI=1S/C16H21N5O5.C11H15N5O3.C5H8O3/c1-3-9-10(26-12(23)5-4-8(2)22)6-11(25-9)21-7-18-13-14(21)19-16(17)20-15(13)24;1-2-6-5(17)3-7(19-6)16-4-13-8-9(16)14-11(12)15-10(8)18;1-4(6)2-3-5(7)8/h7,9-11H,3-6H2,1-2H3,(H3,17,19,20,24);4-7,17H,2-3H2,1H3,(H3,12,14,15,18);2-3H2,1H3,(H,7,8)/t9-,10?,11-;5?,6-,7-;/m11./s1. The molecule has 0 amide bonds. The van der Waals surface area contributed by atoms with E-state index in [4.69, 9.17) is 30.8 Å². The minimum Gasteiger partial charge on any atom is -0.481 e. The van der Waals surface area contributed by atoms with Crippen molar-refractivity contribution in [2.45, 2.75) is 116 Å². The largest absolute Gasteiger partial charge is 0.481 e. The van der Waals surface area contributed by atoms with Crippen LogP contribution in [0.1, 0.15) is 91.5 Å². The van der Waals surface area contributed by atoms with Crippen molar-refractivity contribution in [1.82, 2.24) is 39.0 Å². The van der Waals surface area contributed by atoms with E-state index in [0.717, 1.165) is 6.42 Å². The molecule has 2 aliphatic rings. The van der Waals surface area contributed by atoms with Crippen LogP contribution in [0, 0.1) is 0 Å². The topological polar surface area (TPSA) is 316 Å². The fraction of sp³-hybridized carbons (Fsp3) is 0.562. The zero-order valence-corrected chi connectivity index (χ0v) is 29.7. The number of aliphatic hydroxyl groups excluding tert-OH is 1. The normalized spacial score (nSPS) is 22.1. The maximum Gasteiger partial charge on any atom is 0.306 e. The fourth-order valence-electron chi connectivity index (χ4n) is 5.71. The smallest absolute Gasteiger partial charge is 0.306 e. The molecule has 2 aliphatic heterocycles. The maximum absolute atomic E-state index is 11.9. The molecule has 0 aromatic carbocycles. The summed E-state index contributed by atoms with van der Waals surface area (Å²) < 4.78 is 20.4. The molecular formula is C32H44N10O11. The highest BCUT2D eigenvalue weighted by Gasteiger charge is 2.39. The Hall–Kier alpha value is -5.54. The van der Waals surface area contributed by atoms with Crippen LogP contribution in [0.25, 0.3) is 22.3 Å². The van der Waals surface area contributed by atoms with E-state index in [1.54, 1.807) is 9.13 Å². The number of Topliss-reactive ketones (excluding diaryl/α,β-unsaturated/α-hetero) is 2. The van der Waals surface area contributed by atoms with Gasteiger partial charge in [0.15, 0.2) is 22.3 Å². The highest BCUT2D eigenvalue weighted by molar-refractivity contribution is 5.81. The zero-order valence-electron chi connectivity index (χ0n) is 29.7. The van der Waals surface area contributed by atoms with Crippen molar-refractivity contribution in [1.29, 1.82) is 0 Å². The predicted molar refractivity (Wildman–Crippen MR) is 186 cm³/mol. The number of carbonyl (C=O) groups is 4. The van der Waals surface area contributed by atoms with Crippen molar-refractivity contribution in [3.8, 4) is 0 Å². The van der Waals surface area contributed by atoms with Gasteiger partial charge in [0.2, 0.25) is 11.9 Å². The summed E-state index contributed by atoms with van der Waals surface area (Å²) in [7, 11) is 0. The number of hydrogen-bond acceptors (Lipinski definition) is 16. The number of aromatic nitrogens is 8. The molecule has 6 atom stereocenters. The zero-order chi connectivity index (χ0) is 39.0. The van der Waals surface area contributed by atoms with Gasteiger partial charge in [0.25, 0.3) is 11.1 Å². The second-order valence-corrected chi connectivity index (χ2v) is 12.5. The number of ketones is 2. The lowest BCUT2D eigenvalue weighted by Gasteiger charge is -2.17. The number of hydrogen-bond donors (Lipinski definition) is 6. The van der Waals surface area contributed by atoms with E-state index < -0.39 is 35.9 Å². The Morgan fingerprint density at radius 1 is 0.811 bits per heavy atom. The second-order valence-electron chi connectivity index (χ2n) is 12.5. The third-order valence-electron chi connectivity index (χ3n) is 8.37. The van der Waals surface area contributed by atoms with Gasteiger partial charge in [-0.3, -0.25) is 38.3 Å². The summed E-state index contributed by atoms with van der Waals surface area (Å²) >= 11 is 0. The molecule has 6 rings (SSSR count). The first-order valence-electron chi connectivity index (χ1n) is 16.9. The molecule has 0 radical (unpaired) electrons. The monoisotopic (exact) mass is 744 g/mol. The van der Waals surface area contributed by atoms with Crippen molar-refractivity contribution in [2.24, 2.45) is 0 Å². The van der Waals surface area contributed by atoms with Crippen LogP contribution >= 0.6 is 0 Å². The first-order valence-corrected chi connectivity index (χ1v) is 16.9. The number of nitrogens with two attached hydrogens (primary N) is 2. The van der Waals surface area contributed by atoms with E-state index in [-0.39, 0.29) is 84.2 Å². The van der Waals surface area contributed by atoms with Crippen molar-refractivity contribution in [3.05, 3.63) is 33.4 Å². The first kappa shape index (κ1) is 40.2. The lowest BCUT2D eigenvalue weighted by molar-refractivity contribution is -0.152. The lowest BCUT2D eigenvalue weighted by atomic mass is 10.1. The van der Waals surface area contributed by atoms with Gasteiger partial charge in [-0.1, -0.05) is 13.8 Å².